The van der Waals surface area contributed by atoms with E-state index in [9.17, 15) is 9.59 Å². The van der Waals surface area contributed by atoms with E-state index < -0.39 is 0 Å². The molecule has 0 aliphatic heterocycles. The average Bonchev–Trinajstić information content (AvgIpc) is 2.85. The van der Waals surface area contributed by atoms with Crippen LogP contribution in [0.2, 0.25) is 0 Å². The summed E-state index contributed by atoms with van der Waals surface area (Å²) in [5.41, 5.74) is 1.11. The molecular formula is C13H10N4O2. The van der Waals surface area contributed by atoms with E-state index in [2.05, 4.69) is 20.5 Å². The van der Waals surface area contributed by atoms with Crippen LogP contribution >= 0.6 is 0 Å². The lowest BCUT2D eigenvalue weighted by molar-refractivity contribution is 0.102. The predicted molar refractivity (Wildman–Crippen MR) is 71.1 cm³/mol. The van der Waals surface area contributed by atoms with Gasteiger partial charge in [-0.3, -0.25) is 9.59 Å². The van der Waals surface area contributed by atoms with Gasteiger partial charge in [-0.2, -0.15) is 5.10 Å². The number of para-hydroxylation sites is 1. The molecule has 0 aliphatic carbocycles. The van der Waals surface area contributed by atoms with Gasteiger partial charge in [0.1, 0.15) is 0 Å². The van der Waals surface area contributed by atoms with Gasteiger partial charge in [0.2, 0.25) is 0 Å². The molecule has 0 spiro atoms. The van der Waals surface area contributed by atoms with Crippen LogP contribution in [0.25, 0.3) is 10.9 Å². The van der Waals surface area contributed by atoms with Crippen LogP contribution in [0.5, 0.6) is 0 Å². The summed E-state index contributed by atoms with van der Waals surface area (Å²) < 4.78 is 0. The van der Waals surface area contributed by atoms with Crippen molar-refractivity contribution in [3.63, 3.8) is 0 Å². The van der Waals surface area contributed by atoms with Gasteiger partial charge in [-0.15, -0.1) is 0 Å². The van der Waals surface area contributed by atoms with E-state index in [0.29, 0.717) is 11.4 Å². The summed E-state index contributed by atoms with van der Waals surface area (Å²) in [4.78, 5) is 26.0. The fourth-order valence-electron chi connectivity index (χ4n) is 1.86. The van der Waals surface area contributed by atoms with E-state index in [1.54, 1.807) is 6.20 Å². The van der Waals surface area contributed by atoms with Crippen molar-refractivity contribution in [1.29, 1.82) is 0 Å². The molecule has 1 amide bonds. The van der Waals surface area contributed by atoms with E-state index in [4.69, 9.17) is 0 Å². The zero-order valence-corrected chi connectivity index (χ0v) is 9.81. The topological polar surface area (TPSA) is 90.6 Å². The fourth-order valence-corrected chi connectivity index (χ4v) is 1.86. The third kappa shape index (κ3) is 2.11. The van der Waals surface area contributed by atoms with E-state index in [1.807, 2.05) is 24.3 Å². The molecule has 19 heavy (non-hydrogen) atoms. The normalized spacial score (nSPS) is 10.5. The number of fused-ring (bicyclic) bond motifs is 1. The Labute approximate surface area is 107 Å². The van der Waals surface area contributed by atoms with Gasteiger partial charge >= 0.3 is 0 Å². The van der Waals surface area contributed by atoms with E-state index in [1.165, 1.54) is 12.1 Å². The van der Waals surface area contributed by atoms with Gasteiger partial charge < -0.3 is 10.3 Å². The standard InChI is InChI=1S/C13H10N4O2/c18-12-6-5-11(16-17-12)15-13(19)9-7-14-10-4-2-1-3-8(9)10/h1-7,14H,(H,17,18)(H,15,16,19). The predicted octanol–water partition coefficient (Wildman–Crippen LogP) is 1.50. The molecule has 3 aromatic rings. The molecule has 3 N–H and O–H groups in total. The van der Waals surface area contributed by atoms with E-state index in [0.717, 1.165) is 10.9 Å². The Morgan fingerprint density at radius 3 is 2.79 bits per heavy atom. The van der Waals surface area contributed by atoms with Crippen molar-refractivity contribution in [3.05, 3.63) is 58.5 Å². The van der Waals surface area contributed by atoms with Gasteiger partial charge in [-0.25, -0.2) is 5.10 Å². The summed E-state index contributed by atoms with van der Waals surface area (Å²) in [6.45, 7) is 0. The highest BCUT2D eigenvalue weighted by atomic mass is 16.2. The highest BCUT2D eigenvalue weighted by Gasteiger charge is 2.12. The minimum Gasteiger partial charge on any atom is -0.360 e. The Morgan fingerprint density at radius 1 is 1.16 bits per heavy atom. The molecule has 6 heteroatoms. The zero-order chi connectivity index (χ0) is 13.2. The van der Waals surface area contributed by atoms with Gasteiger partial charge in [-0.1, -0.05) is 18.2 Å². The Bertz CT molecular complexity index is 783. The monoisotopic (exact) mass is 254 g/mol. The number of rotatable bonds is 2. The van der Waals surface area contributed by atoms with Crippen LogP contribution < -0.4 is 10.9 Å². The Balaban J connectivity index is 1.92. The van der Waals surface area contributed by atoms with Gasteiger partial charge in [0, 0.05) is 23.2 Å². The molecule has 0 saturated heterocycles. The number of anilines is 1. The molecule has 1 aromatic carbocycles. The van der Waals surface area contributed by atoms with Crippen LogP contribution in [0.15, 0.2) is 47.4 Å². The van der Waals surface area contributed by atoms with Crippen molar-refractivity contribution in [1.82, 2.24) is 15.2 Å². The van der Waals surface area contributed by atoms with Gasteiger partial charge in [0.05, 0.1) is 5.56 Å². The van der Waals surface area contributed by atoms with Gasteiger partial charge in [0.15, 0.2) is 5.82 Å². The maximum absolute atomic E-state index is 12.1. The summed E-state index contributed by atoms with van der Waals surface area (Å²) in [5, 5.41) is 9.45. The Hall–Kier alpha value is -2.89. The number of hydrogen-bond donors (Lipinski definition) is 3. The molecule has 6 nitrogen and oxygen atoms in total. The van der Waals surface area contributed by atoms with Crippen molar-refractivity contribution in [2.24, 2.45) is 0 Å². The van der Waals surface area contributed by atoms with Crippen LogP contribution in [0.1, 0.15) is 10.4 Å². The van der Waals surface area contributed by atoms with Crippen molar-refractivity contribution in [3.8, 4) is 0 Å². The summed E-state index contributed by atoms with van der Waals surface area (Å²) in [6, 6.07) is 10.3. The van der Waals surface area contributed by atoms with E-state index >= 15 is 0 Å². The maximum Gasteiger partial charge on any atom is 0.264 e. The van der Waals surface area contributed by atoms with Crippen molar-refractivity contribution >= 4 is 22.6 Å². The van der Waals surface area contributed by atoms with Crippen LogP contribution in [0.3, 0.4) is 0 Å². The smallest absolute Gasteiger partial charge is 0.264 e. The number of nitrogens with zero attached hydrogens (tertiary/aromatic N) is 1. The molecule has 0 aliphatic rings. The van der Waals surface area contributed by atoms with Crippen LogP contribution in [-0.4, -0.2) is 21.1 Å². The number of H-pyrrole nitrogens is 2. The molecular weight excluding hydrogens is 244 g/mol. The zero-order valence-electron chi connectivity index (χ0n) is 9.81. The molecule has 0 radical (unpaired) electrons. The minimum absolute atomic E-state index is 0.281. The number of carbonyl (C=O) groups excluding carboxylic acids is 1. The average molecular weight is 254 g/mol. The minimum atomic E-state index is -0.315. The molecule has 94 valence electrons. The Kier molecular flexibility index (Phi) is 2.60. The van der Waals surface area contributed by atoms with E-state index in [-0.39, 0.29) is 11.5 Å². The van der Waals surface area contributed by atoms with Gasteiger partial charge in [0.25, 0.3) is 11.5 Å². The first-order valence-corrected chi connectivity index (χ1v) is 5.67. The lowest BCUT2D eigenvalue weighted by Gasteiger charge is -2.02. The number of carbonyl (C=O) groups is 1. The van der Waals surface area contributed by atoms with Crippen LogP contribution in [0.4, 0.5) is 5.82 Å². The number of amides is 1. The summed E-state index contributed by atoms with van der Waals surface area (Å²) in [6.07, 6.45) is 1.64. The number of aromatic amines is 2. The molecule has 0 fully saturated rings. The molecule has 2 heterocycles. The molecule has 0 saturated carbocycles. The largest absolute Gasteiger partial charge is 0.360 e. The molecule has 0 bridgehead atoms. The van der Waals surface area contributed by atoms with Crippen LogP contribution in [-0.2, 0) is 0 Å². The highest BCUT2D eigenvalue weighted by molar-refractivity contribution is 6.12. The molecule has 0 atom stereocenters. The SMILES string of the molecule is O=C(Nc1ccc(=O)[nH]n1)c1c[nH]c2ccccc12. The van der Waals surface area contributed by atoms with Crippen molar-refractivity contribution in [2.45, 2.75) is 0 Å². The first kappa shape index (κ1) is 11.2. The van der Waals surface area contributed by atoms with Gasteiger partial charge in [-0.05, 0) is 12.1 Å². The molecule has 0 unspecified atom stereocenters. The quantitative estimate of drug-likeness (QED) is 0.647. The summed E-state index contributed by atoms with van der Waals surface area (Å²) in [5.74, 6) is 0.0203. The lowest BCUT2D eigenvalue weighted by Crippen LogP contribution is -2.15. The maximum atomic E-state index is 12.1. The number of hydrogen-bond acceptors (Lipinski definition) is 3. The first-order chi connectivity index (χ1) is 9.24. The van der Waals surface area contributed by atoms with Crippen LogP contribution in [0, 0.1) is 0 Å². The highest BCUT2D eigenvalue weighted by Crippen LogP contribution is 2.18. The van der Waals surface area contributed by atoms with Crippen molar-refractivity contribution in [2.75, 3.05) is 5.32 Å². The second kappa shape index (κ2) is 4.41. The molecule has 2 aromatic heterocycles. The second-order valence-electron chi connectivity index (χ2n) is 4.01. The van der Waals surface area contributed by atoms with Crippen molar-refractivity contribution < 1.29 is 4.79 Å². The fraction of sp³-hybridized carbons (Fsp3) is 0. The Morgan fingerprint density at radius 2 is 2.00 bits per heavy atom. The number of nitrogens with one attached hydrogen (secondary N) is 3. The number of benzene rings is 1. The third-order valence-electron chi connectivity index (χ3n) is 2.75. The summed E-state index contributed by atoms with van der Waals surface area (Å²) in [7, 11) is 0. The third-order valence-corrected chi connectivity index (χ3v) is 2.75. The number of aromatic nitrogens is 3. The first-order valence-electron chi connectivity index (χ1n) is 5.67. The second-order valence-corrected chi connectivity index (χ2v) is 4.01. The lowest BCUT2D eigenvalue weighted by atomic mass is 10.1. The summed E-state index contributed by atoms with van der Waals surface area (Å²) >= 11 is 0. The molecule has 3 rings (SSSR count).